The Morgan fingerprint density at radius 3 is 2.48 bits per heavy atom. The Balaban J connectivity index is 2.09. The van der Waals surface area contributed by atoms with Crippen LogP contribution in [0.25, 0.3) is 0 Å². The lowest BCUT2D eigenvalue weighted by Gasteiger charge is -2.41. The van der Waals surface area contributed by atoms with E-state index in [-0.39, 0.29) is 11.5 Å². The molecule has 1 heterocycles. The number of piperidine rings is 1. The molecule has 1 unspecified atom stereocenters. The number of benzene rings is 1. The van der Waals surface area contributed by atoms with Crippen molar-refractivity contribution in [2.75, 3.05) is 37.7 Å². The van der Waals surface area contributed by atoms with Crippen molar-refractivity contribution in [1.82, 2.24) is 4.90 Å². The second kappa shape index (κ2) is 11.9. The molecular formula is C27H47N3O. The van der Waals surface area contributed by atoms with Gasteiger partial charge in [0.25, 0.3) is 0 Å². The van der Waals surface area contributed by atoms with Crippen molar-refractivity contribution in [2.45, 2.75) is 79.8 Å². The summed E-state index contributed by atoms with van der Waals surface area (Å²) in [6.07, 6.45) is 5.90. The molecule has 0 aromatic heterocycles. The molecule has 0 saturated carbocycles. The van der Waals surface area contributed by atoms with Crippen LogP contribution in [0, 0.1) is 11.3 Å². The fraction of sp³-hybridized carbons (Fsp3) is 0.704. The molecule has 1 aliphatic rings. The number of anilines is 1. The smallest absolute Gasteiger partial charge is 0.119 e. The number of likely N-dealkylation sites (tertiary alicyclic amines) is 1. The first-order valence-corrected chi connectivity index (χ1v) is 12.1. The lowest BCUT2D eigenvalue weighted by molar-refractivity contribution is 0.188. The molecule has 0 amide bonds. The van der Waals surface area contributed by atoms with Crippen molar-refractivity contribution in [3.63, 3.8) is 0 Å². The molecule has 2 rings (SSSR count). The zero-order chi connectivity index (χ0) is 23.0. The van der Waals surface area contributed by atoms with E-state index in [9.17, 15) is 0 Å². The summed E-state index contributed by atoms with van der Waals surface area (Å²) in [5, 5.41) is 0. The van der Waals surface area contributed by atoms with E-state index in [0.717, 1.165) is 38.4 Å². The van der Waals surface area contributed by atoms with Crippen LogP contribution < -0.4 is 15.4 Å². The molecule has 2 N–H and O–H groups in total. The van der Waals surface area contributed by atoms with Crippen LogP contribution in [-0.2, 0) is 0 Å². The molecule has 176 valence electrons. The Morgan fingerprint density at radius 1 is 1.23 bits per heavy atom. The summed E-state index contributed by atoms with van der Waals surface area (Å²) in [7, 11) is 0. The Kier molecular flexibility index (Phi) is 9.90. The average molecular weight is 430 g/mol. The molecule has 0 aliphatic carbocycles. The van der Waals surface area contributed by atoms with Crippen LogP contribution in [-0.4, -0.2) is 49.8 Å². The summed E-state index contributed by atoms with van der Waals surface area (Å²) in [5.41, 5.74) is 9.24. The van der Waals surface area contributed by atoms with Gasteiger partial charge in [0.05, 0.1) is 6.61 Å². The fourth-order valence-electron chi connectivity index (χ4n) is 4.24. The first kappa shape index (κ1) is 25.7. The maximum absolute atomic E-state index is 6.43. The summed E-state index contributed by atoms with van der Waals surface area (Å²) in [6.45, 7) is 20.4. The molecule has 1 aliphatic heterocycles. The van der Waals surface area contributed by atoms with Gasteiger partial charge in [-0.3, -0.25) is 4.90 Å². The molecule has 1 saturated heterocycles. The van der Waals surface area contributed by atoms with E-state index >= 15 is 0 Å². The van der Waals surface area contributed by atoms with Crippen molar-refractivity contribution < 1.29 is 4.74 Å². The minimum atomic E-state index is 0.163. The fourth-order valence-corrected chi connectivity index (χ4v) is 4.24. The van der Waals surface area contributed by atoms with Crippen LogP contribution in [0.3, 0.4) is 0 Å². The van der Waals surface area contributed by atoms with E-state index in [1.807, 2.05) is 0 Å². The van der Waals surface area contributed by atoms with E-state index in [1.165, 1.54) is 30.6 Å². The van der Waals surface area contributed by atoms with E-state index in [1.54, 1.807) is 0 Å². The van der Waals surface area contributed by atoms with Gasteiger partial charge in [0, 0.05) is 37.4 Å². The van der Waals surface area contributed by atoms with Gasteiger partial charge in [-0.05, 0) is 75.3 Å². The molecule has 1 fully saturated rings. The maximum atomic E-state index is 6.43. The quantitative estimate of drug-likeness (QED) is 0.483. The molecule has 31 heavy (non-hydrogen) atoms. The third-order valence-corrected chi connectivity index (χ3v) is 5.72. The van der Waals surface area contributed by atoms with Crippen LogP contribution in [0.2, 0.25) is 0 Å². The van der Waals surface area contributed by atoms with E-state index < -0.39 is 0 Å². The van der Waals surface area contributed by atoms with Crippen LogP contribution in [0.15, 0.2) is 35.9 Å². The maximum Gasteiger partial charge on any atom is 0.119 e. The van der Waals surface area contributed by atoms with Crippen LogP contribution in [0.5, 0.6) is 5.75 Å². The van der Waals surface area contributed by atoms with Crippen molar-refractivity contribution in [3.05, 3.63) is 35.9 Å². The lowest BCUT2D eigenvalue weighted by atomic mass is 9.99. The molecule has 0 radical (unpaired) electrons. The largest absolute Gasteiger partial charge is 0.493 e. The third-order valence-electron chi connectivity index (χ3n) is 5.72. The number of rotatable bonds is 10. The third kappa shape index (κ3) is 9.65. The lowest BCUT2D eigenvalue weighted by Crippen LogP contribution is -2.51. The molecular weight excluding hydrogens is 382 g/mol. The topological polar surface area (TPSA) is 41.7 Å². The number of hydrogen-bond donors (Lipinski definition) is 1. The van der Waals surface area contributed by atoms with E-state index in [0.29, 0.717) is 12.0 Å². The molecule has 1 aromatic carbocycles. The minimum absolute atomic E-state index is 0.163. The van der Waals surface area contributed by atoms with Crippen molar-refractivity contribution in [2.24, 2.45) is 17.1 Å². The summed E-state index contributed by atoms with van der Waals surface area (Å²) in [5.74, 6) is 1.61. The average Bonchev–Trinajstić information content (AvgIpc) is 2.66. The number of allylic oxidation sites excluding steroid dienone is 1. The summed E-state index contributed by atoms with van der Waals surface area (Å²) < 4.78 is 5.99. The second-order valence-corrected chi connectivity index (χ2v) is 11.2. The van der Waals surface area contributed by atoms with Crippen LogP contribution in [0.4, 0.5) is 5.69 Å². The number of ether oxygens (including phenoxy) is 1. The highest BCUT2D eigenvalue weighted by Crippen LogP contribution is 2.27. The monoisotopic (exact) mass is 429 g/mol. The number of nitrogens with two attached hydrogens (primary N) is 1. The zero-order valence-corrected chi connectivity index (χ0v) is 21.2. The Hall–Kier alpha value is -1.52. The molecule has 0 bridgehead atoms. The molecule has 4 nitrogen and oxygen atoms in total. The van der Waals surface area contributed by atoms with Gasteiger partial charge in [-0.25, -0.2) is 0 Å². The van der Waals surface area contributed by atoms with Crippen molar-refractivity contribution in [3.8, 4) is 5.75 Å². The highest BCUT2D eigenvalue weighted by Gasteiger charge is 2.26. The normalized spacial score (nSPS) is 18.7. The van der Waals surface area contributed by atoms with Gasteiger partial charge in [0.2, 0.25) is 0 Å². The minimum Gasteiger partial charge on any atom is -0.493 e. The van der Waals surface area contributed by atoms with Gasteiger partial charge in [0.1, 0.15) is 5.75 Å². The first-order valence-electron chi connectivity index (χ1n) is 12.1. The number of nitrogens with zero attached hydrogens (tertiary/aromatic N) is 2. The van der Waals surface area contributed by atoms with Crippen molar-refractivity contribution >= 4 is 5.69 Å². The Labute approximate surface area is 191 Å². The van der Waals surface area contributed by atoms with Crippen molar-refractivity contribution in [1.29, 1.82) is 0 Å². The predicted octanol–water partition coefficient (Wildman–Crippen LogP) is 5.72. The Bertz CT molecular complexity index is 671. The van der Waals surface area contributed by atoms with Gasteiger partial charge >= 0.3 is 0 Å². The molecule has 4 heteroatoms. The Morgan fingerprint density at radius 2 is 1.90 bits per heavy atom. The van der Waals surface area contributed by atoms with Gasteiger partial charge in [-0.15, -0.1) is 0 Å². The molecule has 0 spiro atoms. The molecule has 1 aromatic rings. The zero-order valence-electron chi connectivity index (χ0n) is 21.2. The van der Waals surface area contributed by atoms with Crippen LogP contribution >= 0.6 is 0 Å². The van der Waals surface area contributed by atoms with Gasteiger partial charge < -0.3 is 15.4 Å². The van der Waals surface area contributed by atoms with E-state index in [2.05, 4.69) is 88.6 Å². The first-order chi connectivity index (χ1) is 14.5. The highest BCUT2D eigenvalue weighted by molar-refractivity contribution is 5.51. The summed E-state index contributed by atoms with van der Waals surface area (Å²) in [6, 6.07) is 9.47. The van der Waals surface area contributed by atoms with Gasteiger partial charge in [-0.1, -0.05) is 46.3 Å². The van der Waals surface area contributed by atoms with Gasteiger partial charge in [-0.2, -0.15) is 0 Å². The second-order valence-electron chi connectivity index (χ2n) is 11.2. The number of hydrogen-bond acceptors (Lipinski definition) is 4. The van der Waals surface area contributed by atoms with E-state index in [4.69, 9.17) is 10.5 Å². The SMILES string of the molecule is CC(C)=CCN(c1ccc(OCC(C)(C)C)cc1)[C@H]1CCCN(CC(N)CC(C)C)C1. The summed E-state index contributed by atoms with van der Waals surface area (Å²) in [4.78, 5) is 5.15. The highest BCUT2D eigenvalue weighted by atomic mass is 16.5. The standard InChI is InChI=1S/C27H47N3O/c1-21(2)14-16-30(24-10-12-26(13-11-24)31-20-27(5,6)7)25-9-8-15-29(19-25)18-23(28)17-22(3)4/h10-14,22-23,25H,8-9,15-20,28H2,1-7H3/t23?,25-/m0/s1. The summed E-state index contributed by atoms with van der Waals surface area (Å²) >= 11 is 0. The van der Waals surface area contributed by atoms with Gasteiger partial charge in [0.15, 0.2) is 0 Å². The predicted molar refractivity (Wildman–Crippen MR) is 135 cm³/mol. The van der Waals surface area contributed by atoms with Crippen LogP contribution in [0.1, 0.15) is 67.7 Å². The molecule has 2 atom stereocenters.